The smallest absolute Gasteiger partial charge is 0.323 e. The molecular weight excluding hydrogens is 400 g/mol. The number of aliphatic carboxylic acids is 1. The summed E-state index contributed by atoms with van der Waals surface area (Å²) in [5, 5.41) is 15.6. The molecule has 1 aromatic heterocycles. The summed E-state index contributed by atoms with van der Waals surface area (Å²) in [6.07, 6.45) is 4.64. The van der Waals surface area contributed by atoms with E-state index in [4.69, 9.17) is 4.74 Å². The molecule has 0 spiro atoms. The number of benzene rings is 1. The van der Waals surface area contributed by atoms with E-state index in [2.05, 4.69) is 10.3 Å². The summed E-state index contributed by atoms with van der Waals surface area (Å²) >= 11 is 1.49. The van der Waals surface area contributed by atoms with Crippen molar-refractivity contribution in [1.82, 2.24) is 10.3 Å². The minimum Gasteiger partial charge on any atom is -0.480 e. The summed E-state index contributed by atoms with van der Waals surface area (Å²) in [6, 6.07) is 8.26. The first-order chi connectivity index (χ1) is 14.4. The molecule has 2 aromatic rings. The number of rotatable bonds is 10. The first kappa shape index (κ1) is 22.4. The van der Waals surface area contributed by atoms with Gasteiger partial charge < -0.3 is 9.84 Å². The van der Waals surface area contributed by atoms with Gasteiger partial charge in [0.25, 0.3) is 0 Å². The lowest BCUT2D eigenvalue weighted by Crippen LogP contribution is -2.49. The van der Waals surface area contributed by atoms with Gasteiger partial charge in [-0.1, -0.05) is 44.2 Å². The number of thiazole rings is 1. The van der Waals surface area contributed by atoms with Crippen molar-refractivity contribution in [1.29, 1.82) is 0 Å². The van der Waals surface area contributed by atoms with Crippen molar-refractivity contribution in [3.8, 4) is 10.6 Å². The number of nitrogens with zero attached hydrogens (tertiary/aromatic N) is 1. The van der Waals surface area contributed by atoms with Crippen molar-refractivity contribution in [2.24, 2.45) is 5.92 Å². The molecule has 0 aliphatic heterocycles. The van der Waals surface area contributed by atoms with E-state index < -0.39 is 18.1 Å². The van der Waals surface area contributed by atoms with Crippen LogP contribution in [0.1, 0.15) is 51.6 Å². The topological polar surface area (TPSA) is 88.5 Å². The fraction of sp³-hybridized carbons (Fsp3) is 0.522. The standard InChI is InChI=1S/C23H30N2O4S/c1-15(2)12-20(23(28)29-18-10-6-7-11-18)25-19(22(26)27)13-17-14-30-21(24-17)16-8-4-3-5-9-16/h3-5,8-9,14-15,18-20,25H,6-7,10-13H2,1-2H3,(H,26,27)/t19-,20-/m0/s1. The van der Waals surface area contributed by atoms with Crippen LogP contribution in [0.5, 0.6) is 0 Å². The molecular formula is C23H30N2O4S. The van der Waals surface area contributed by atoms with Crippen molar-refractivity contribution in [2.45, 2.75) is 70.6 Å². The van der Waals surface area contributed by atoms with Crippen LogP contribution in [-0.2, 0) is 20.7 Å². The number of aromatic nitrogens is 1. The number of carbonyl (C=O) groups excluding carboxylic acids is 1. The van der Waals surface area contributed by atoms with Gasteiger partial charge in [0, 0.05) is 17.4 Å². The van der Waals surface area contributed by atoms with Gasteiger partial charge in [-0.05, 0) is 38.0 Å². The molecule has 1 saturated carbocycles. The molecule has 0 amide bonds. The van der Waals surface area contributed by atoms with E-state index in [-0.39, 0.29) is 24.4 Å². The van der Waals surface area contributed by atoms with E-state index in [1.807, 2.05) is 49.6 Å². The molecule has 1 aromatic carbocycles. The minimum absolute atomic E-state index is 0.0378. The van der Waals surface area contributed by atoms with Crippen LogP contribution in [0, 0.1) is 5.92 Å². The summed E-state index contributed by atoms with van der Waals surface area (Å²) in [5.74, 6) is -1.10. The van der Waals surface area contributed by atoms with Crippen LogP contribution in [0.25, 0.3) is 10.6 Å². The third-order valence-corrected chi connectivity index (χ3v) is 6.20. The summed E-state index contributed by atoms with van der Waals surface area (Å²) < 4.78 is 5.66. The Bertz CT molecular complexity index is 831. The van der Waals surface area contributed by atoms with E-state index >= 15 is 0 Å². The molecule has 1 fully saturated rings. The zero-order valence-corrected chi connectivity index (χ0v) is 18.4. The number of hydrogen-bond acceptors (Lipinski definition) is 6. The third-order valence-electron chi connectivity index (χ3n) is 5.26. The molecule has 6 nitrogen and oxygen atoms in total. The predicted molar refractivity (Wildman–Crippen MR) is 117 cm³/mol. The monoisotopic (exact) mass is 430 g/mol. The Labute approximate surface area is 181 Å². The third kappa shape index (κ3) is 6.37. The summed E-state index contributed by atoms with van der Waals surface area (Å²) in [5.41, 5.74) is 1.71. The zero-order chi connectivity index (χ0) is 21.5. The van der Waals surface area contributed by atoms with Crippen LogP contribution in [-0.4, -0.2) is 40.2 Å². The van der Waals surface area contributed by atoms with Gasteiger partial charge in [-0.3, -0.25) is 14.9 Å². The van der Waals surface area contributed by atoms with E-state index in [0.717, 1.165) is 36.3 Å². The molecule has 0 saturated heterocycles. The van der Waals surface area contributed by atoms with E-state index in [1.165, 1.54) is 11.3 Å². The molecule has 30 heavy (non-hydrogen) atoms. The second-order valence-corrected chi connectivity index (χ2v) is 9.16. The molecule has 3 rings (SSSR count). The van der Waals surface area contributed by atoms with Crippen LogP contribution >= 0.6 is 11.3 Å². The van der Waals surface area contributed by atoms with Gasteiger partial charge in [0.1, 0.15) is 23.2 Å². The van der Waals surface area contributed by atoms with Crippen LogP contribution in [0.3, 0.4) is 0 Å². The first-order valence-electron chi connectivity index (χ1n) is 10.6. The Hall–Kier alpha value is -2.25. The average molecular weight is 431 g/mol. The molecule has 0 radical (unpaired) electrons. The predicted octanol–water partition coefficient (Wildman–Crippen LogP) is 4.30. The number of carboxylic acid groups (broad SMARTS) is 1. The van der Waals surface area contributed by atoms with Crippen molar-refractivity contribution in [3.63, 3.8) is 0 Å². The Morgan fingerprint density at radius 1 is 1.20 bits per heavy atom. The Morgan fingerprint density at radius 3 is 2.53 bits per heavy atom. The van der Waals surface area contributed by atoms with Gasteiger partial charge in [0.15, 0.2) is 0 Å². The van der Waals surface area contributed by atoms with Crippen molar-refractivity contribution in [3.05, 3.63) is 41.4 Å². The molecule has 7 heteroatoms. The maximum absolute atomic E-state index is 12.7. The number of carboxylic acids is 1. The highest BCUT2D eigenvalue weighted by molar-refractivity contribution is 7.13. The van der Waals surface area contributed by atoms with Gasteiger partial charge in [-0.2, -0.15) is 0 Å². The number of nitrogens with one attached hydrogen (secondary N) is 1. The Kier molecular flexibility index (Phi) is 7.99. The van der Waals surface area contributed by atoms with E-state index in [0.29, 0.717) is 12.1 Å². The number of esters is 1. The maximum Gasteiger partial charge on any atom is 0.323 e. The van der Waals surface area contributed by atoms with Crippen LogP contribution in [0.4, 0.5) is 0 Å². The molecule has 162 valence electrons. The van der Waals surface area contributed by atoms with Crippen molar-refractivity contribution >= 4 is 23.3 Å². The second kappa shape index (κ2) is 10.7. The van der Waals surface area contributed by atoms with E-state index in [9.17, 15) is 14.7 Å². The second-order valence-electron chi connectivity index (χ2n) is 8.30. The average Bonchev–Trinajstić information content (AvgIpc) is 3.39. The number of hydrogen-bond donors (Lipinski definition) is 2. The van der Waals surface area contributed by atoms with Crippen LogP contribution in [0.15, 0.2) is 35.7 Å². The molecule has 0 bridgehead atoms. The maximum atomic E-state index is 12.7. The summed E-state index contributed by atoms with van der Waals surface area (Å²) in [4.78, 5) is 29.3. The molecule has 1 aliphatic carbocycles. The quantitative estimate of drug-likeness (QED) is 0.547. The molecule has 1 heterocycles. The highest BCUT2D eigenvalue weighted by atomic mass is 32.1. The highest BCUT2D eigenvalue weighted by Crippen LogP contribution is 2.25. The molecule has 0 unspecified atom stereocenters. The minimum atomic E-state index is -0.994. The SMILES string of the molecule is CC(C)C[C@H](N[C@@H](Cc1csc(-c2ccccc2)n1)C(=O)O)C(=O)OC1CCCC1. The molecule has 1 aliphatic rings. The van der Waals surface area contributed by atoms with Crippen LogP contribution < -0.4 is 5.32 Å². The van der Waals surface area contributed by atoms with Gasteiger partial charge in [0.05, 0.1) is 5.69 Å². The zero-order valence-electron chi connectivity index (χ0n) is 17.5. The van der Waals surface area contributed by atoms with Gasteiger partial charge in [0.2, 0.25) is 0 Å². The van der Waals surface area contributed by atoms with E-state index in [1.54, 1.807) is 0 Å². The normalized spacial score (nSPS) is 16.5. The lowest BCUT2D eigenvalue weighted by Gasteiger charge is -2.24. The van der Waals surface area contributed by atoms with Crippen molar-refractivity contribution < 1.29 is 19.4 Å². The fourth-order valence-corrected chi connectivity index (χ4v) is 4.58. The Morgan fingerprint density at radius 2 is 1.90 bits per heavy atom. The lowest BCUT2D eigenvalue weighted by molar-refractivity contribution is -0.152. The fourth-order valence-electron chi connectivity index (χ4n) is 3.74. The number of carbonyl (C=O) groups is 2. The lowest BCUT2D eigenvalue weighted by atomic mass is 10.0. The number of ether oxygens (including phenoxy) is 1. The molecule has 2 N–H and O–H groups in total. The first-order valence-corrected chi connectivity index (χ1v) is 11.5. The largest absolute Gasteiger partial charge is 0.480 e. The van der Waals surface area contributed by atoms with Gasteiger partial charge in [-0.15, -0.1) is 11.3 Å². The molecule has 2 atom stereocenters. The van der Waals surface area contributed by atoms with Crippen molar-refractivity contribution in [2.75, 3.05) is 0 Å². The van der Waals surface area contributed by atoms with Gasteiger partial charge in [-0.25, -0.2) is 4.98 Å². The Balaban J connectivity index is 1.68. The van der Waals surface area contributed by atoms with Crippen LogP contribution in [0.2, 0.25) is 0 Å². The summed E-state index contributed by atoms with van der Waals surface area (Å²) in [6.45, 7) is 4.03. The highest BCUT2D eigenvalue weighted by Gasteiger charge is 2.31. The summed E-state index contributed by atoms with van der Waals surface area (Å²) in [7, 11) is 0. The van der Waals surface area contributed by atoms with Gasteiger partial charge >= 0.3 is 11.9 Å².